The molecular weight excluding hydrogens is 474 g/mol. The topological polar surface area (TPSA) is 258 Å². The van der Waals surface area contributed by atoms with Gasteiger partial charge in [0.1, 0.15) is 42.7 Å². The minimum Gasteiger partial charge on any atom is -0.394 e. The molecule has 0 spiro atoms. The van der Waals surface area contributed by atoms with Gasteiger partial charge in [-0.05, 0) is 0 Å². The maximum absolute atomic E-state index is 10.5. The molecule has 1 aliphatic heterocycles. The van der Waals surface area contributed by atoms with Gasteiger partial charge in [0.2, 0.25) is 0 Å². The summed E-state index contributed by atoms with van der Waals surface area (Å²) >= 11 is 0. The van der Waals surface area contributed by atoms with Crippen LogP contribution in [0.5, 0.6) is 0 Å². The summed E-state index contributed by atoms with van der Waals surface area (Å²) in [4.78, 5) is 0. The summed E-state index contributed by atoms with van der Waals surface area (Å²) in [7, 11) is 0. The zero-order valence-corrected chi connectivity index (χ0v) is 19.2. The maximum Gasteiger partial charge on any atom is 0.187 e. The van der Waals surface area contributed by atoms with Crippen LogP contribution in [-0.2, 0) is 27.3 Å². The van der Waals surface area contributed by atoms with E-state index >= 15 is 0 Å². The molecule has 1 saturated heterocycles. The highest BCUT2D eigenvalue weighted by molar-refractivity contribution is 4.92. The van der Waals surface area contributed by atoms with E-state index in [1.807, 2.05) is 0 Å². The fraction of sp³-hybridized carbons (Fsp3) is 0.895. The zero-order chi connectivity index (χ0) is 26.0. The summed E-state index contributed by atoms with van der Waals surface area (Å²) in [5, 5.41) is 89.9. The number of ether oxygens (including phenoxy) is 3. The van der Waals surface area contributed by atoms with Crippen LogP contribution in [0.15, 0.2) is 6.20 Å². The Morgan fingerprint density at radius 1 is 1.09 bits per heavy atom. The van der Waals surface area contributed by atoms with E-state index in [9.17, 15) is 40.9 Å². The van der Waals surface area contributed by atoms with Crippen molar-refractivity contribution in [2.24, 2.45) is 5.73 Å². The lowest BCUT2D eigenvalue weighted by atomic mass is 9.98. The van der Waals surface area contributed by atoms with Crippen molar-refractivity contribution in [2.75, 3.05) is 39.5 Å². The highest BCUT2D eigenvalue weighted by Gasteiger charge is 2.46. The Balaban J connectivity index is 1.77. The first-order chi connectivity index (χ1) is 16.7. The first-order valence-corrected chi connectivity index (χ1v) is 11.2. The molecule has 0 bridgehead atoms. The quantitative estimate of drug-likeness (QED) is 0.0925. The van der Waals surface area contributed by atoms with Gasteiger partial charge in [-0.25, -0.2) is 4.68 Å². The predicted octanol–water partition coefficient (Wildman–Crippen LogP) is -6.40. The number of hydrogen-bond donors (Lipinski definition) is 10. The van der Waals surface area contributed by atoms with Gasteiger partial charge >= 0.3 is 0 Å². The van der Waals surface area contributed by atoms with E-state index in [1.54, 1.807) is 10.9 Å². The van der Waals surface area contributed by atoms with Gasteiger partial charge in [-0.3, -0.25) is 0 Å². The third-order valence-electron chi connectivity index (χ3n) is 5.47. The SMILES string of the molecule is NCc1cn(CCOCCNC[C@H](O)[C@@H](O)[C@H](O[C@H]2O[C@H](CO)[C@@H](O)[C@H](O)[C@H]2O)[C@H](O)CO)nn1. The van der Waals surface area contributed by atoms with Crippen LogP contribution in [-0.4, -0.2) is 150 Å². The molecule has 1 aromatic rings. The first-order valence-electron chi connectivity index (χ1n) is 11.2. The summed E-state index contributed by atoms with van der Waals surface area (Å²) in [5.41, 5.74) is 6.13. The third kappa shape index (κ3) is 8.60. The number of aromatic nitrogens is 3. The largest absolute Gasteiger partial charge is 0.394 e. The monoisotopic (exact) mass is 511 g/mol. The van der Waals surface area contributed by atoms with Gasteiger partial charge in [0, 0.05) is 25.8 Å². The Kier molecular flexibility index (Phi) is 12.8. The lowest BCUT2D eigenvalue weighted by Crippen LogP contribution is -2.61. The minimum absolute atomic E-state index is 0.139. The average Bonchev–Trinajstić information content (AvgIpc) is 3.33. The van der Waals surface area contributed by atoms with Crippen LogP contribution in [0.2, 0.25) is 0 Å². The smallest absolute Gasteiger partial charge is 0.187 e. The number of nitrogens with two attached hydrogens (primary N) is 1. The molecule has 16 nitrogen and oxygen atoms in total. The van der Waals surface area contributed by atoms with Crippen LogP contribution in [0.3, 0.4) is 0 Å². The molecule has 0 aromatic carbocycles. The van der Waals surface area contributed by atoms with E-state index in [1.165, 1.54) is 0 Å². The summed E-state index contributed by atoms with van der Waals surface area (Å²) in [6.07, 6.45) is -13.0. The number of rotatable bonds is 16. The highest BCUT2D eigenvalue weighted by Crippen LogP contribution is 2.24. The van der Waals surface area contributed by atoms with Crippen LogP contribution >= 0.6 is 0 Å². The molecule has 0 aliphatic carbocycles. The standard InChI is InChI=1S/C19H37N5O11/c20-5-10-7-24(23-22-10)2-4-33-3-1-21-6-11(27)14(29)18(12(28)8-25)35-19-17(32)16(31)15(30)13(9-26)34-19/h7,11-19,21,25-32H,1-6,8-9,20H2/t11-,12+,13+,14+,15+,16-,17+,18+,19+/m0/s1. The number of hydrogen-bond acceptors (Lipinski definition) is 15. The van der Waals surface area contributed by atoms with Crippen LogP contribution in [0.1, 0.15) is 5.69 Å². The lowest BCUT2D eigenvalue weighted by Gasteiger charge is -2.42. The van der Waals surface area contributed by atoms with Crippen LogP contribution in [0.25, 0.3) is 0 Å². The molecule has 1 aliphatic rings. The third-order valence-corrected chi connectivity index (χ3v) is 5.47. The van der Waals surface area contributed by atoms with E-state index in [-0.39, 0.29) is 13.2 Å². The van der Waals surface area contributed by atoms with E-state index in [0.717, 1.165) is 0 Å². The van der Waals surface area contributed by atoms with Crippen LogP contribution in [0.4, 0.5) is 0 Å². The molecule has 1 fully saturated rings. The van der Waals surface area contributed by atoms with E-state index < -0.39 is 68.3 Å². The Labute approximate surface area is 201 Å². The predicted molar refractivity (Wildman–Crippen MR) is 115 cm³/mol. The molecule has 2 rings (SSSR count). The minimum atomic E-state index is -1.79. The van der Waals surface area contributed by atoms with Crippen LogP contribution < -0.4 is 11.1 Å². The van der Waals surface area contributed by atoms with Crippen molar-refractivity contribution >= 4 is 0 Å². The molecule has 35 heavy (non-hydrogen) atoms. The van der Waals surface area contributed by atoms with E-state index in [4.69, 9.17) is 19.9 Å². The second-order valence-electron chi connectivity index (χ2n) is 8.10. The number of nitrogens with one attached hydrogen (secondary N) is 1. The van der Waals surface area contributed by atoms with Gasteiger partial charge in [-0.1, -0.05) is 5.21 Å². The van der Waals surface area contributed by atoms with Crippen molar-refractivity contribution < 1.29 is 55.1 Å². The molecule has 9 atom stereocenters. The molecule has 2 heterocycles. The first kappa shape index (κ1) is 29.8. The highest BCUT2D eigenvalue weighted by atomic mass is 16.7. The van der Waals surface area contributed by atoms with Crippen molar-refractivity contribution in [2.45, 2.75) is 68.2 Å². The van der Waals surface area contributed by atoms with Crippen LogP contribution in [0, 0.1) is 0 Å². The van der Waals surface area contributed by atoms with Crippen molar-refractivity contribution in [1.29, 1.82) is 0 Å². The number of nitrogens with zero attached hydrogens (tertiary/aromatic N) is 3. The normalized spacial score (nSPS) is 28.5. The summed E-state index contributed by atoms with van der Waals surface area (Å²) < 4.78 is 17.6. The molecule has 0 saturated carbocycles. The second-order valence-corrected chi connectivity index (χ2v) is 8.10. The number of aliphatic hydroxyl groups is 8. The fourth-order valence-electron chi connectivity index (χ4n) is 3.37. The molecule has 1 aromatic heterocycles. The molecule has 0 amide bonds. The Hall–Kier alpha value is -1.38. The van der Waals surface area contributed by atoms with Gasteiger partial charge in [0.15, 0.2) is 6.29 Å². The lowest BCUT2D eigenvalue weighted by molar-refractivity contribution is -0.327. The van der Waals surface area contributed by atoms with Crippen molar-refractivity contribution in [1.82, 2.24) is 20.3 Å². The molecular formula is C19H37N5O11. The van der Waals surface area contributed by atoms with Gasteiger partial charge in [0.05, 0.1) is 44.8 Å². The van der Waals surface area contributed by atoms with Crippen molar-refractivity contribution in [3.05, 3.63) is 11.9 Å². The fourth-order valence-corrected chi connectivity index (χ4v) is 3.37. The zero-order valence-electron chi connectivity index (χ0n) is 19.2. The molecule has 11 N–H and O–H groups in total. The Morgan fingerprint density at radius 3 is 2.46 bits per heavy atom. The molecule has 0 unspecified atom stereocenters. The number of aliphatic hydroxyl groups excluding tert-OH is 8. The van der Waals surface area contributed by atoms with Crippen molar-refractivity contribution in [3.63, 3.8) is 0 Å². The summed E-state index contributed by atoms with van der Waals surface area (Å²) in [6.45, 7) is 0.0287. The Morgan fingerprint density at radius 2 is 1.83 bits per heavy atom. The molecule has 0 radical (unpaired) electrons. The van der Waals surface area contributed by atoms with Gasteiger partial charge in [-0.2, -0.15) is 0 Å². The summed E-state index contributed by atoms with van der Waals surface area (Å²) in [6, 6.07) is 0. The van der Waals surface area contributed by atoms with E-state index in [0.29, 0.717) is 31.9 Å². The molecule has 16 heteroatoms. The van der Waals surface area contributed by atoms with Gasteiger partial charge in [-0.15, -0.1) is 5.10 Å². The summed E-state index contributed by atoms with van der Waals surface area (Å²) in [5.74, 6) is 0. The van der Waals surface area contributed by atoms with E-state index in [2.05, 4.69) is 15.6 Å². The van der Waals surface area contributed by atoms with Gasteiger partial charge in [0.25, 0.3) is 0 Å². The average molecular weight is 512 g/mol. The Bertz CT molecular complexity index is 714. The van der Waals surface area contributed by atoms with Crippen molar-refractivity contribution in [3.8, 4) is 0 Å². The maximum atomic E-state index is 10.5. The second kappa shape index (κ2) is 15.0. The van der Waals surface area contributed by atoms with Gasteiger partial charge < -0.3 is 66.1 Å². The molecule has 204 valence electrons.